The van der Waals surface area contributed by atoms with Crippen molar-refractivity contribution in [2.75, 3.05) is 18.5 Å². The number of nitrogens with zero attached hydrogens (tertiary/aromatic N) is 3. The van der Waals surface area contributed by atoms with E-state index in [0.717, 1.165) is 11.5 Å². The van der Waals surface area contributed by atoms with Gasteiger partial charge in [-0.3, -0.25) is 0 Å². The Labute approximate surface area is 85.0 Å². The van der Waals surface area contributed by atoms with Crippen molar-refractivity contribution in [2.45, 2.75) is 13.8 Å². The molecular weight excluding hydrogens is 174 g/mol. The van der Waals surface area contributed by atoms with Gasteiger partial charge in [-0.15, -0.1) is 0 Å². The first kappa shape index (κ1) is 10.5. The first-order valence-electron chi connectivity index (χ1n) is 4.68. The topological polar surface area (TPSA) is 39.9 Å². The summed E-state index contributed by atoms with van der Waals surface area (Å²) in [5, 5.41) is 8.69. The van der Waals surface area contributed by atoms with Crippen LogP contribution in [0.25, 0.3) is 0 Å². The zero-order valence-electron chi connectivity index (χ0n) is 8.86. The van der Waals surface area contributed by atoms with Gasteiger partial charge in [-0.25, -0.2) is 4.98 Å². The SMILES string of the molecule is Cc1cccc(N(C)CC(C)C#N)n1. The lowest BCUT2D eigenvalue weighted by Gasteiger charge is -2.19. The van der Waals surface area contributed by atoms with Crippen LogP contribution in [-0.4, -0.2) is 18.6 Å². The van der Waals surface area contributed by atoms with Crippen LogP contribution in [0, 0.1) is 24.2 Å². The monoisotopic (exact) mass is 189 g/mol. The first-order chi connectivity index (χ1) is 6.63. The minimum Gasteiger partial charge on any atom is -0.358 e. The van der Waals surface area contributed by atoms with Crippen molar-refractivity contribution in [3.63, 3.8) is 0 Å². The number of aromatic nitrogens is 1. The van der Waals surface area contributed by atoms with E-state index in [1.54, 1.807) is 0 Å². The van der Waals surface area contributed by atoms with Gasteiger partial charge in [0.25, 0.3) is 0 Å². The molecule has 1 aromatic rings. The summed E-state index contributed by atoms with van der Waals surface area (Å²) in [6.07, 6.45) is 0. The van der Waals surface area contributed by atoms with Gasteiger partial charge in [-0.2, -0.15) is 5.26 Å². The Hall–Kier alpha value is -1.56. The molecule has 0 amide bonds. The highest BCUT2D eigenvalue weighted by Crippen LogP contribution is 2.10. The van der Waals surface area contributed by atoms with E-state index in [0.29, 0.717) is 6.54 Å². The number of anilines is 1. The van der Waals surface area contributed by atoms with Gasteiger partial charge in [-0.05, 0) is 26.0 Å². The van der Waals surface area contributed by atoms with Gasteiger partial charge in [0, 0.05) is 19.3 Å². The van der Waals surface area contributed by atoms with E-state index in [-0.39, 0.29) is 5.92 Å². The van der Waals surface area contributed by atoms with Crippen LogP contribution in [0.15, 0.2) is 18.2 Å². The number of aryl methyl sites for hydroxylation is 1. The number of nitriles is 1. The molecule has 0 aliphatic carbocycles. The van der Waals surface area contributed by atoms with Crippen LogP contribution in [0.4, 0.5) is 5.82 Å². The molecule has 0 radical (unpaired) electrons. The molecule has 1 rings (SSSR count). The second kappa shape index (κ2) is 4.61. The predicted molar refractivity (Wildman–Crippen MR) is 57.0 cm³/mol. The maximum atomic E-state index is 8.69. The Morgan fingerprint density at radius 2 is 2.29 bits per heavy atom. The van der Waals surface area contributed by atoms with Crippen LogP contribution in [0.5, 0.6) is 0 Å². The van der Waals surface area contributed by atoms with Gasteiger partial charge in [0.15, 0.2) is 0 Å². The summed E-state index contributed by atoms with van der Waals surface area (Å²) < 4.78 is 0. The molecule has 3 heteroatoms. The summed E-state index contributed by atoms with van der Waals surface area (Å²) in [5.74, 6) is 0.953. The molecule has 0 fully saturated rings. The predicted octanol–water partition coefficient (Wildman–Crippen LogP) is 1.99. The quantitative estimate of drug-likeness (QED) is 0.730. The van der Waals surface area contributed by atoms with E-state index in [1.165, 1.54) is 0 Å². The highest BCUT2D eigenvalue weighted by atomic mass is 15.2. The van der Waals surface area contributed by atoms with Crippen LogP contribution in [0.1, 0.15) is 12.6 Å². The smallest absolute Gasteiger partial charge is 0.128 e. The van der Waals surface area contributed by atoms with Gasteiger partial charge in [0.1, 0.15) is 5.82 Å². The van der Waals surface area contributed by atoms with E-state index in [4.69, 9.17) is 5.26 Å². The van der Waals surface area contributed by atoms with Gasteiger partial charge in [0.05, 0.1) is 12.0 Å². The fourth-order valence-corrected chi connectivity index (χ4v) is 1.29. The molecule has 0 bridgehead atoms. The number of hydrogen-bond donors (Lipinski definition) is 0. The molecule has 14 heavy (non-hydrogen) atoms. The Morgan fingerprint density at radius 1 is 1.57 bits per heavy atom. The molecule has 1 heterocycles. The second-order valence-electron chi connectivity index (χ2n) is 3.55. The summed E-state index contributed by atoms with van der Waals surface area (Å²) in [7, 11) is 1.95. The van der Waals surface area contributed by atoms with Crippen molar-refractivity contribution in [3.8, 4) is 6.07 Å². The summed E-state index contributed by atoms with van der Waals surface area (Å²) >= 11 is 0. The Morgan fingerprint density at radius 3 is 2.86 bits per heavy atom. The van der Waals surface area contributed by atoms with Crippen LogP contribution in [0.3, 0.4) is 0 Å². The Balaban J connectivity index is 2.70. The average Bonchev–Trinajstić information content (AvgIpc) is 2.17. The minimum atomic E-state index is 0.0299. The van der Waals surface area contributed by atoms with Gasteiger partial charge < -0.3 is 4.90 Å². The van der Waals surface area contributed by atoms with E-state index in [1.807, 2.05) is 44.0 Å². The highest BCUT2D eigenvalue weighted by molar-refractivity contribution is 5.38. The van der Waals surface area contributed by atoms with E-state index >= 15 is 0 Å². The molecule has 0 spiro atoms. The molecule has 0 aliphatic rings. The lowest BCUT2D eigenvalue weighted by atomic mass is 10.2. The summed E-state index contributed by atoms with van der Waals surface area (Å²) in [6, 6.07) is 8.11. The van der Waals surface area contributed by atoms with E-state index in [2.05, 4.69) is 11.1 Å². The van der Waals surface area contributed by atoms with Gasteiger partial charge in [-0.1, -0.05) is 6.07 Å². The van der Waals surface area contributed by atoms with Crippen LogP contribution in [0.2, 0.25) is 0 Å². The number of pyridine rings is 1. The molecule has 0 aromatic carbocycles. The lowest BCUT2D eigenvalue weighted by Crippen LogP contribution is -2.24. The first-order valence-corrected chi connectivity index (χ1v) is 4.68. The summed E-state index contributed by atoms with van der Waals surface area (Å²) in [5.41, 5.74) is 0.999. The van der Waals surface area contributed by atoms with Crippen molar-refractivity contribution in [1.29, 1.82) is 5.26 Å². The van der Waals surface area contributed by atoms with Gasteiger partial charge >= 0.3 is 0 Å². The zero-order valence-corrected chi connectivity index (χ0v) is 8.86. The molecule has 1 unspecified atom stereocenters. The van der Waals surface area contributed by atoms with Crippen molar-refractivity contribution >= 4 is 5.82 Å². The Kier molecular flexibility index (Phi) is 3.47. The van der Waals surface area contributed by atoms with Crippen molar-refractivity contribution in [3.05, 3.63) is 23.9 Å². The van der Waals surface area contributed by atoms with Gasteiger partial charge in [0.2, 0.25) is 0 Å². The molecular formula is C11H15N3. The second-order valence-corrected chi connectivity index (χ2v) is 3.55. The standard InChI is InChI=1S/C11H15N3/c1-9(7-12)8-14(3)11-6-4-5-10(2)13-11/h4-6,9H,8H2,1-3H3. The highest BCUT2D eigenvalue weighted by Gasteiger charge is 2.06. The van der Waals surface area contributed by atoms with E-state index < -0.39 is 0 Å². The zero-order chi connectivity index (χ0) is 10.6. The Bertz CT molecular complexity index is 341. The van der Waals surface area contributed by atoms with E-state index in [9.17, 15) is 0 Å². The van der Waals surface area contributed by atoms with Crippen molar-refractivity contribution in [1.82, 2.24) is 4.98 Å². The molecule has 3 nitrogen and oxygen atoms in total. The molecule has 1 atom stereocenters. The molecule has 0 saturated carbocycles. The number of hydrogen-bond acceptors (Lipinski definition) is 3. The number of rotatable bonds is 3. The fraction of sp³-hybridized carbons (Fsp3) is 0.455. The third-order valence-electron chi connectivity index (χ3n) is 2.03. The van der Waals surface area contributed by atoms with Crippen LogP contribution >= 0.6 is 0 Å². The third-order valence-corrected chi connectivity index (χ3v) is 2.03. The molecule has 0 saturated heterocycles. The van der Waals surface area contributed by atoms with Crippen molar-refractivity contribution < 1.29 is 0 Å². The maximum Gasteiger partial charge on any atom is 0.128 e. The van der Waals surface area contributed by atoms with Crippen molar-refractivity contribution in [2.24, 2.45) is 5.92 Å². The normalized spacial score (nSPS) is 11.9. The summed E-state index contributed by atoms with van der Waals surface area (Å²) in [4.78, 5) is 6.38. The fourth-order valence-electron chi connectivity index (χ4n) is 1.29. The third kappa shape index (κ3) is 2.74. The molecule has 0 aliphatic heterocycles. The molecule has 0 N–H and O–H groups in total. The minimum absolute atomic E-state index is 0.0299. The molecule has 74 valence electrons. The average molecular weight is 189 g/mol. The largest absolute Gasteiger partial charge is 0.358 e. The van der Waals surface area contributed by atoms with Crippen LogP contribution < -0.4 is 4.90 Å². The maximum absolute atomic E-state index is 8.69. The summed E-state index contributed by atoms with van der Waals surface area (Å²) in [6.45, 7) is 4.59. The molecule has 1 aromatic heterocycles. The lowest BCUT2D eigenvalue weighted by molar-refractivity contribution is 0.709. The van der Waals surface area contributed by atoms with Crippen LogP contribution in [-0.2, 0) is 0 Å².